The molecule has 3 nitrogen and oxygen atoms in total. The number of hydrogen-bond donors (Lipinski definition) is 0. The zero-order valence-electron chi connectivity index (χ0n) is 21.8. The Morgan fingerprint density at radius 3 is 2.76 bits per heavy atom. The van der Waals surface area contributed by atoms with Gasteiger partial charge in [0, 0.05) is 40.0 Å². The highest BCUT2D eigenvalue weighted by molar-refractivity contribution is 7.19. The van der Waals surface area contributed by atoms with E-state index in [1.165, 1.54) is 17.4 Å². The first-order valence-corrected chi connectivity index (χ1v) is 10.3. The van der Waals surface area contributed by atoms with Gasteiger partial charge < -0.3 is 4.42 Å². The molecule has 1 aromatic carbocycles. The van der Waals surface area contributed by atoms with E-state index in [0.717, 1.165) is 32.0 Å². The molecule has 0 spiro atoms. The predicted octanol–water partition coefficient (Wildman–Crippen LogP) is 7.46. The third-order valence-electron chi connectivity index (χ3n) is 4.96. The van der Waals surface area contributed by atoms with Gasteiger partial charge in [0.15, 0.2) is 0 Å². The van der Waals surface area contributed by atoms with Gasteiger partial charge in [-0.2, -0.15) is 0 Å². The van der Waals surface area contributed by atoms with E-state index in [4.69, 9.17) is 11.3 Å². The van der Waals surface area contributed by atoms with Gasteiger partial charge in [0.1, 0.15) is 5.58 Å². The van der Waals surface area contributed by atoms with E-state index in [2.05, 4.69) is 9.97 Å². The van der Waals surface area contributed by atoms with Crippen LogP contribution in [0, 0.1) is 19.2 Å². The van der Waals surface area contributed by atoms with Gasteiger partial charge in [0.25, 0.3) is 0 Å². The lowest BCUT2D eigenvalue weighted by atomic mass is 9.90. The van der Waals surface area contributed by atoms with Gasteiger partial charge in [-0.25, -0.2) is 4.98 Å². The molecule has 0 saturated carbocycles. The maximum atomic E-state index is 8.83. The summed E-state index contributed by atoms with van der Waals surface area (Å²) in [4.78, 5) is 9.63. The molecule has 4 heteroatoms. The molecule has 0 atom stereocenters. The smallest absolute Gasteiger partial charge is 0.227 e. The van der Waals surface area contributed by atoms with Crippen LogP contribution in [0.1, 0.15) is 43.8 Å². The number of fused-ring (bicyclic) bond motifs is 4. The van der Waals surface area contributed by atoms with Gasteiger partial charge in [-0.15, -0.1) is 11.3 Å². The lowest BCUT2D eigenvalue weighted by Crippen LogP contribution is -2.08. The summed E-state index contributed by atoms with van der Waals surface area (Å²) in [6, 6.07) is 10.9. The average Bonchev–Trinajstić information content (AvgIpc) is 3.30. The molecule has 146 valence electrons. The van der Waals surface area contributed by atoms with E-state index in [9.17, 15) is 0 Å². The number of furan rings is 1. The quantitative estimate of drug-likeness (QED) is 0.306. The second kappa shape index (κ2) is 6.39. The summed E-state index contributed by atoms with van der Waals surface area (Å²) in [5, 5.41) is 2.53. The van der Waals surface area contributed by atoms with Crippen LogP contribution in [0.3, 0.4) is 0 Å². The molecule has 0 aliphatic heterocycles. The molecule has 5 aromatic rings. The molecule has 5 rings (SSSR count). The van der Waals surface area contributed by atoms with Gasteiger partial charge in [0.2, 0.25) is 5.71 Å². The first kappa shape index (κ1) is 13.5. The van der Waals surface area contributed by atoms with E-state index in [0.29, 0.717) is 16.2 Å². The third kappa shape index (κ3) is 3.03. The van der Waals surface area contributed by atoms with E-state index in [1.54, 1.807) is 12.3 Å². The lowest BCUT2D eigenvalue weighted by molar-refractivity contribution is 0.414. The monoisotopic (exact) mass is 405 g/mol. The Hall–Kier alpha value is -2.72. The van der Waals surface area contributed by atoms with Crippen LogP contribution >= 0.6 is 11.3 Å². The molecule has 0 N–H and O–H groups in total. The number of aromatic nitrogens is 2. The van der Waals surface area contributed by atoms with Crippen molar-refractivity contribution in [2.75, 3.05) is 0 Å². The molecule has 0 saturated heterocycles. The first-order valence-electron chi connectivity index (χ1n) is 12.0. The number of pyridine rings is 2. The van der Waals surface area contributed by atoms with Crippen molar-refractivity contribution in [3.63, 3.8) is 0 Å². The number of thiophene rings is 1. The largest absolute Gasteiger partial charge is 0.437 e. The van der Waals surface area contributed by atoms with Crippen molar-refractivity contribution in [1.29, 1.82) is 0 Å². The summed E-state index contributed by atoms with van der Waals surface area (Å²) in [5.41, 5.74) is 2.67. The van der Waals surface area contributed by atoms with Crippen LogP contribution in [0.5, 0.6) is 0 Å². The fourth-order valence-corrected chi connectivity index (χ4v) is 5.08. The fourth-order valence-electron chi connectivity index (χ4n) is 3.66. The number of hydrogen-bond acceptors (Lipinski definition) is 4. The average molecular weight is 406 g/mol. The molecule has 0 fully saturated rings. The summed E-state index contributed by atoms with van der Waals surface area (Å²) in [6.07, 6.45) is 0.222. The Morgan fingerprint density at radius 1 is 1.10 bits per heavy atom. The van der Waals surface area contributed by atoms with Gasteiger partial charge in [-0.3, -0.25) is 4.98 Å². The van der Waals surface area contributed by atoms with Crippen LogP contribution < -0.4 is 0 Å². The zero-order chi connectivity index (χ0) is 24.6. The molecule has 0 unspecified atom stereocenters. The molecule has 0 bridgehead atoms. The molecule has 0 amide bonds. The lowest BCUT2D eigenvalue weighted by Gasteiger charge is -2.17. The maximum Gasteiger partial charge on any atom is 0.227 e. The highest BCUT2D eigenvalue weighted by atomic mass is 32.1. The van der Waals surface area contributed by atoms with E-state index in [-0.39, 0.29) is 11.4 Å². The van der Waals surface area contributed by atoms with Crippen LogP contribution in [-0.4, -0.2) is 9.97 Å². The minimum absolute atomic E-state index is 0.0104. The fraction of sp³-hybridized carbons (Fsp3) is 0.280. The number of benzene rings is 1. The summed E-state index contributed by atoms with van der Waals surface area (Å²) in [5.74, 6) is 0. The highest BCUT2D eigenvalue weighted by Gasteiger charge is 2.21. The Balaban J connectivity index is 1.78. The Morgan fingerprint density at radius 2 is 1.97 bits per heavy atom. The van der Waals surface area contributed by atoms with Gasteiger partial charge in [-0.1, -0.05) is 32.9 Å². The molecule has 29 heavy (non-hydrogen) atoms. The van der Waals surface area contributed by atoms with Gasteiger partial charge >= 0.3 is 0 Å². The Bertz CT molecular complexity index is 1570. The summed E-state index contributed by atoms with van der Waals surface area (Å²) < 4.78 is 47.6. The van der Waals surface area contributed by atoms with Crippen LogP contribution in [-0.2, 0) is 6.37 Å². The van der Waals surface area contributed by atoms with Crippen molar-refractivity contribution in [1.82, 2.24) is 9.97 Å². The first-order chi connectivity index (χ1) is 15.8. The van der Waals surface area contributed by atoms with Crippen LogP contribution in [0.25, 0.3) is 43.4 Å². The summed E-state index contributed by atoms with van der Waals surface area (Å²) in [7, 11) is 0. The zero-order valence-corrected chi connectivity index (χ0v) is 17.6. The van der Waals surface area contributed by atoms with E-state index >= 15 is 0 Å². The molecule has 0 aliphatic rings. The summed E-state index contributed by atoms with van der Waals surface area (Å²) >= 11 is 1.43. The SMILES string of the molecule is [2H]C([2H])([2H])c1ccc2c(n1)oc1c(-c3nccc4c(C)c(C([2H])([2H])C(C)(C)C)sc34)cccc12. The Labute approximate surface area is 181 Å². The minimum atomic E-state index is -2.32. The molecule has 4 heterocycles. The maximum absolute atomic E-state index is 8.83. The van der Waals surface area contributed by atoms with Crippen molar-refractivity contribution in [3.05, 3.63) is 58.7 Å². The van der Waals surface area contributed by atoms with Crippen molar-refractivity contribution < 1.29 is 11.3 Å². The van der Waals surface area contributed by atoms with E-state index < -0.39 is 18.6 Å². The van der Waals surface area contributed by atoms with Crippen LogP contribution in [0.4, 0.5) is 0 Å². The molecule has 0 radical (unpaired) electrons. The Kier molecular flexibility index (Phi) is 2.97. The molecule has 4 aromatic heterocycles. The number of para-hydroxylation sites is 1. The second-order valence-corrected chi connectivity index (χ2v) is 9.32. The molecular formula is C25H24N2OS. The third-order valence-corrected chi connectivity index (χ3v) is 6.19. The normalized spacial score (nSPS) is 15.9. The predicted molar refractivity (Wildman–Crippen MR) is 123 cm³/mol. The number of nitrogens with zero attached hydrogens (tertiary/aromatic N) is 2. The molecule has 0 aliphatic carbocycles. The van der Waals surface area contributed by atoms with Crippen LogP contribution in [0.2, 0.25) is 0 Å². The highest BCUT2D eigenvalue weighted by Crippen LogP contribution is 2.42. The van der Waals surface area contributed by atoms with Crippen molar-refractivity contribution in [3.8, 4) is 11.3 Å². The minimum Gasteiger partial charge on any atom is -0.437 e. The number of aryl methyl sites for hydroxylation is 2. The standard InChI is InChI=1S/C25H24N2OS/c1-14-9-10-18-17-7-6-8-19(22(17)28-24(18)27-14)21-23-16(11-12-26-21)15(2)20(29-23)13-25(3,4)5/h6-12H,13H2,1-5H3/i1D3,13D2. The van der Waals surface area contributed by atoms with Crippen LogP contribution in [0.15, 0.2) is 47.0 Å². The van der Waals surface area contributed by atoms with Gasteiger partial charge in [-0.05, 0) is 60.8 Å². The summed E-state index contributed by atoms with van der Waals surface area (Å²) in [6.45, 7) is 5.37. The van der Waals surface area contributed by atoms with Crippen molar-refractivity contribution in [2.45, 2.75) is 40.9 Å². The van der Waals surface area contributed by atoms with Crippen molar-refractivity contribution in [2.24, 2.45) is 5.41 Å². The molecular weight excluding hydrogens is 376 g/mol. The second-order valence-electron chi connectivity index (χ2n) is 8.30. The van der Waals surface area contributed by atoms with E-state index in [1.807, 2.05) is 52.0 Å². The number of rotatable bonds is 2. The van der Waals surface area contributed by atoms with Crippen molar-refractivity contribution >= 4 is 43.5 Å². The van der Waals surface area contributed by atoms with Gasteiger partial charge in [0.05, 0.1) is 10.4 Å². The topological polar surface area (TPSA) is 38.9 Å².